The molecule has 3 N–H and O–H groups in total. The van der Waals surface area contributed by atoms with Crippen molar-refractivity contribution in [3.63, 3.8) is 0 Å². The quantitative estimate of drug-likeness (QED) is 0.498. The summed E-state index contributed by atoms with van der Waals surface area (Å²) in [5.41, 5.74) is 2.85. The van der Waals surface area contributed by atoms with Crippen LogP contribution in [-0.2, 0) is 27.4 Å². The smallest absolute Gasteiger partial charge is 0.306 e. The van der Waals surface area contributed by atoms with Crippen molar-refractivity contribution in [2.24, 2.45) is 5.92 Å². The molecule has 1 heterocycles. The largest absolute Gasteiger partial charge is 0.461 e. The second kappa shape index (κ2) is 9.71. The molecule has 0 saturated carbocycles. The van der Waals surface area contributed by atoms with E-state index in [9.17, 15) is 9.59 Å². The van der Waals surface area contributed by atoms with Crippen molar-refractivity contribution >= 4 is 22.8 Å². The number of amides is 1. The van der Waals surface area contributed by atoms with Crippen LogP contribution in [-0.4, -0.2) is 35.1 Å². The van der Waals surface area contributed by atoms with Crippen LogP contribution < -0.4 is 5.32 Å². The Kier molecular flexibility index (Phi) is 6.81. The zero-order valence-electron chi connectivity index (χ0n) is 15.6. The normalized spacial score (nSPS) is 11.9. The maximum atomic E-state index is 12.5. The Morgan fingerprint density at radius 1 is 1.07 bits per heavy atom. The molecule has 0 unspecified atom stereocenters. The Balaban J connectivity index is 1.67. The highest BCUT2D eigenvalue weighted by molar-refractivity contribution is 5.86. The van der Waals surface area contributed by atoms with E-state index in [1.807, 2.05) is 60.8 Å². The summed E-state index contributed by atoms with van der Waals surface area (Å²) in [4.78, 5) is 28.1. The minimum atomic E-state index is -0.575. The van der Waals surface area contributed by atoms with Gasteiger partial charge in [-0.05, 0) is 23.6 Å². The molecule has 6 heteroatoms. The molecule has 0 saturated heterocycles. The summed E-state index contributed by atoms with van der Waals surface area (Å²) in [6.45, 7) is 0.185. The van der Waals surface area contributed by atoms with Crippen molar-refractivity contribution in [3.05, 3.63) is 71.9 Å². The van der Waals surface area contributed by atoms with Gasteiger partial charge in [0, 0.05) is 23.6 Å². The van der Waals surface area contributed by atoms with Gasteiger partial charge in [-0.25, -0.2) is 0 Å². The van der Waals surface area contributed by atoms with Gasteiger partial charge < -0.3 is 20.1 Å². The Hall–Kier alpha value is -3.12. The van der Waals surface area contributed by atoms with Gasteiger partial charge in [0.25, 0.3) is 0 Å². The molecular formula is C22H24N2O4. The fourth-order valence-corrected chi connectivity index (χ4v) is 3.15. The molecule has 3 aromatic rings. The van der Waals surface area contributed by atoms with Crippen molar-refractivity contribution in [2.45, 2.75) is 19.4 Å². The highest BCUT2D eigenvalue weighted by atomic mass is 16.5. The number of para-hydroxylation sites is 1. The molecule has 0 radical (unpaired) electrons. The van der Waals surface area contributed by atoms with Gasteiger partial charge in [0.05, 0.1) is 18.9 Å². The van der Waals surface area contributed by atoms with Crippen LogP contribution in [0.1, 0.15) is 17.5 Å². The number of fused-ring (bicyclic) bond motifs is 1. The molecule has 1 atom stereocenters. The number of aliphatic hydroxyl groups excluding tert-OH is 1. The average Bonchev–Trinajstić information content (AvgIpc) is 3.13. The Morgan fingerprint density at radius 2 is 1.82 bits per heavy atom. The predicted molar refractivity (Wildman–Crippen MR) is 106 cm³/mol. The number of hydrogen-bond acceptors (Lipinski definition) is 4. The minimum absolute atomic E-state index is 0.0242. The summed E-state index contributed by atoms with van der Waals surface area (Å²) in [7, 11) is 0. The highest BCUT2D eigenvalue weighted by Crippen LogP contribution is 2.22. The van der Waals surface area contributed by atoms with E-state index in [2.05, 4.69) is 10.3 Å². The van der Waals surface area contributed by atoms with Gasteiger partial charge in [-0.1, -0.05) is 48.5 Å². The number of esters is 1. The Morgan fingerprint density at radius 3 is 2.61 bits per heavy atom. The van der Waals surface area contributed by atoms with Crippen molar-refractivity contribution in [1.82, 2.24) is 10.3 Å². The van der Waals surface area contributed by atoms with Gasteiger partial charge in [-0.15, -0.1) is 0 Å². The lowest BCUT2D eigenvalue weighted by Crippen LogP contribution is -2.35. The van der Waals surface area contributed by atoms with Crippen LogP contribution in [0.4, 0.5) is 0 Å². The van der Waals surface area contributed by atoms with Gasteiger partial charge in [0.1, 0.15) is 6.61 Å². The number of benzene rings is 2. The summed E-state index contributed by atoms with van der Waals surface area (Å²) in [6, 6.07) is 17.2. The summed E-state index contributed by atoms with van der Waals surface area (Å²) in [5.74, 6) is -1.27. The molecular weight excluding hydrogens is 356 g/mol. The van der Waals surface area contributed by atoms with E-state index in [0.29, 0.717) is 6.42 Å². The Labute approximate surface area is 163 Å². The first kappa shape index (κ1) is 19.6. The van der Waals surface area contributed by atoms with Crippen LogP contribution in [0.5, 0.6) is 0 Å². The second-order valence-corrected chi connectivity index (χ2v) is 6.63. The van der Waals surface area contributed by atoms with Crippen LogP contribution in [0.2, 0.25) is 0 Å². The first-order chi connectivity index (χ1) is 13.7. The van der Waals surface area contributed by atoms with E-state index in [0.717, 1.165) is 22.0 Å². The fourth-order valence-electron chi connectivity index (χ4n) is 3.15. The van der Waals surface area contributed by atoms with Crippen LogP contribution in [0, 0.1) is 5.92 Å². The number of H-pyrrole nitrogens is 1. The minimum Gasteiger partial charge on any atom is -0.461 e. The molecule has 28 heavy (non-hydrogen) atoms. The van der Waals surface area contributed by atoms with E-state index in [-0.39, 0.29) is 32.1 Å². The summed E-state index contributed by atoms with van der Waals surface area (Å²) >= 11 is 0. The predicted octanol–water partition coefficient (Wildman–Crippen LogP) is 2.57. The summed E-state index contributed by atoms with van der Waals surface area (Å²) < 4.78 is 5.34. The lowest BCUT2D eigenvalue weighted by molar-refractivity contribution is -0.148. The first-order valence-electron chi connectivity index (χ1n) is 9.30. The van der Waals surface area contributed by atoms with Crippen LogP contribution in [0.3, 0.4) is 0 Å². The number of carbonyl (C=O) groups excluding carboxylic acids is 2. The highest BCUT2D eigenvalue weighted by Gasteiger charge is 2.24. The van der Waals surface area contributed by atoms with Crippen molar-refractivity contribution in [1.29, 1.82) is 0 Å². The third kappa shape index (κ3) is 5.20. The monoisotopic (exact) mass is 380 g/mol. The molecule has 3 rings (SSSR count). The number of nitrogens with one attached hydrogen (secondary N) is 2. The van der Waals surface area contributed by atoms with Gasteiger partial charge in [-0.3, -0.25) is 9.59 Å². The molecule has 0 aliphatic rings. The molecule has 1 aromatic heterocycles. The lowest BCUT2D eigenvalue weighted by atomic mass is 9.95. The number of ether oxygens (including phenoxy) is 1. The lowest BCUT2D eigenvalue weighted by Gasteiger charge is -2.16. The van der Waals surface area contributed by atoms with Gasteiger partial charge >= 0.3 is 5.97 Å². The van der Waals surface area contributed by atoms with Gasteiger partial charge in [-0.2, -0.15) is 0 Å². The maximum Gasteiger partial charge on any atom is 0.306 e. The van der Waals surface area contributed by atoms with Crippen molar-refractivity contribution in [2.75, 3.05) is 13.2 Å². The number of rotatable bonds is 9. The van der Waals surface area contributed by atoms with Crippen LogP contribution >= 0.6 is 0 Å². The maximum absolute atomic E-state index is 12.5. The van der Waals surface area contributed by atoms with E-state index in [4.69, 9.17) is 9.84 Å². The zero-order chi connectivity index (χ0) is 19.8. The molecule has 0 spiro atoms. The van der Waals surface area contributed by atoms with E-state index >= 15 is 0 Å². The van der Waals surface area contributed by atoms with Gasteiger partial charge in [0.15, 0.2) is 0 Å². The molecule has 146 valence electrons. The number of aromatic nitrogens is 1. The van der Waals surface area contributed by atoms with E-state index in [1.54, 1.807) is 0 Å². The van der Waals surface area contributed by atoms with Crippen molar-refractivity contribution < 1.29 is 19.4 Å². The average molecular weight is 380 g/mol. The molecule has 0 fully saturated rings. The topological polar surface area (TPSA) is 91.4 Å². The molecule has 6 nitrogen and oxygen atoms in total. The zero-order valence-corrected chi connectivity index (χ0v) is 15.6. The standard InChI is InChI=1S/C22H24N2O4/c25-11-10-23-22(27)17(12-18-14-24-20-9-5-4-8-19(18)20)13-21(26)28-15-16-6-2-1-3-7-16/h1-9,14,17,24-25H,10-13,15H2,(H,23,27)/t17-/m1/s1. The molecule has 0 aliphatic heterocycles. The molecule has 2 aromatic carbocycles. The molecule has 1 amide bonds. The number of carbonyl (C=O) groups is 2. The second-order valence-electron chi connectivity index (χ2n) is 6.63. The number of hydrogen-bond donors (Lipinski definition) is 3. The SMILES string of the molecule is O=C(C[C@@H](Cc1c[nH]c2ccccc12)C(=O)NCCO)OCc1ccccc1. The van der Waals surface area contributed by atoms with Crippen LogP contribution in [0.15, 0.2) is 60.8 Å². The number of aromatic amines is 1. The van der Waals surface area contributed by atoms with Crippen LogP contribution in [0.25, 0.3) is 10.9 Å². The third-order valence-electron chi connectivity index (χ3n) is 4.58. The molecule has 0 bridgehead atoms. The first-order valence-corrected chi connectivity index (χ1v) is 9.30. The van der Waals surface area contributed by atoms with E-state index < -0.39 is 11.9 Å². The third-order valence-corrected chi connectivity index (χ3v) is 4.58. The van der Waals surface area contributed by atoms with Crippen molar-refractivity contribution in [3.8, 4) is 0 Å². The van der Waals surface area contributed by atoms with Gasteiger partial charge in [0.2, 0.25) is 5.91 Å². The fraction of sp³-hybridized carbons (Fsp3) is 0.273. The Bertz CT molecular complexity index is 920. The molecule has 0 aliphatic carbocycles. The van der Waals surface area contributed by atoms with E-state index in [1.165, 1.54) is 0 Å². The summed E-state index contributed by atoms with van der Waals surface area (Å²) in [5, 5.41) is 12.7. The number of aliphatic hydroxyl groups is 1. The summed E-state index contributed by atoms with van der Waals surface area (Å²) in [6.07, 6.45) is 2.25.